The summed E-state index contributed by atoms with van der Waals surface area (Å²) in [5.41, 5.74) is 1.90. The first-order valence-electron chi connectivity index (χ1n) is 7.25. The number of hydrogen-bond donors (Lipinski definition) is 1. The summed E-state index contributed by atoms with van der Waals surface area (Å²) in [4.78, 5) is 25.1. The van der Waals surface area contributed by atoms with Crippen molar-refractivity contribution in [3.05, 3.63) is 32.9 Å². The zero-order valence-corrected chi connectivity index (χ0v) is 14.3. The normalized spacial score (nSPS) is 16.0. The molecule has 0 radical (unpaired) electrons. The molecule has 0 spiro atoms. The molecule has 5 heteroatoms. The van der Waals surface area contributed by atoms with E-state index >= 15 is 0 Å². The van der Waals surface area contributed by atoms with E-state index in [1.54, 1.807) is 0 Å². The lowest BCUT2D eigenvalue weighted by Gasteiger charge is -2.32. The smallest absolute Gasteiger partial charge is 0.303 e. The van der Waals surface area contributed by atoms with E-state index in [1.807, 2.05) is 30.0 Å². The Kier molecular flexibility index (Phi) is 5.61. The number of hydrogen-bond acceptors (Lipinski definition) is 2. The number of halogens is 1. The topological polar surface area (TPSA) is 57.6 Å². The Balaban J connectivity index is 1.94. The number of likely N-dealkylation sites (tertiary alicyclic amines) is 1. The Morgan fingerprint density at radius 2 is 2.00 bits per heavy atom. The average molecular weight is 401 g/mol. The lowest BCUT2D eigenvalue weighted by atomic mass is 9.92. The van der Waals surface area contributed by atoms with Crippen molar-refractivity contribution in [1.82, 2.24) is 4.90 Å². The second-order valence-electron chi connectivity index (χ2n) is 5.60. The Hall–Kier alpha value is -1.11. The molecule has 1 aliphatic heterocycles. The van der Waals surface area contributed by atoms with Crippen LogP contribution in [0.3, 0.4) is 0 Å². The fourth-order valence-electron chi connectivity index (χ4n) is 2.74. The van der Waals surface area contributed by atoms with Gasteiger partial charge in [0.15, 0.2) is 0 Å². The van der Waals surface area contributed by atoms with Gasteiger partial charge >= 0.3 is 5.97 Å². The molecule has 1 fully saturated rings. The second-order valence-corrected chi connectivity index (χ2v) is 6.68. The van der Waals surface area contributed by atoms with Crippen LogP contribution in [0.1, 0.15) is 41.6 Å². The van der Waals surface area contributed by atoms with Crippen LogP contribution in [-0.2, 0) is 4.79 Å². The second kappa shape index (κ2) is 7.24. The molecule has 0 atom stereocenters. The number of piperidine rings is 1. The first-order chi connectivity index (χ1) is 9.99. The zero-order chi connectivity index (χ0) is 15.4. The van der Waals surface area contributed by atoms with Crippen molar-refractivity contribution in [3.63, 3.8) is 0 Å². The summed E-state index contributed by atoms with van der Waals surface area (Å²) in [7, 11) is 0. The molecular formula is C16H20INO3. The Labute approximate surface area is 138 Å². The van der Waals surface area contributed by atoms with Gasteiger partial charge in [-0.2, -0.15) is 0 Å². The maximum atomic E-state index is 12.6. The highest BCUT2D eigenvalue weighted by atomic mass is 127. The van der Waals surface area contributed by atoms with Crippen LogP contribution in [0.2, 0.25) is 0 Å². The van der Waals surface area contributed by atoms with E-state index in [-0.39, 0.29) is 12.3 Å². The Bertz CT molecular complexity index is 536. The summed E-state index contributed by atoms with van der Waals surface area (Å²) in [6.07, 6.45) is 2.76. The van der Waals surface area contributed by atoms with E-state index in [4.69, 9.17) is 5.11 Å². The van der Waals surface area contributed by atoms with E-state index < -0.39 is 5.97 Å². The highest BCUT2D eigenvalue weighted by Gasteiger charge is 2.25. The summed E-state index contributed by atoms with van der Waals surface area (Å²) in [5, 5.41) is 8.72. The molecule has 1 aromatic carbocycles. The number of rotatable bonds is 4. The Morgan fingerprint density at radius 3 is 2.62 bits per heavy atom. The fraction of sp³-hybridized carbons (Fsp3) is 0.500. The van der Waals surface area contributed by atoms with Crippen LogP contribution in [0.5, 0.6) is 0 Å². The third kappa shape index (κ3) is 4.18. The van der Waals surface area contributed by atoms with Gasteiger partial charge in [-0.15, -0.1) is 0 Å². The van der Waals surface area contributed by atoms with Crippen molar-refractivity contribution in [1.29, 1.82) is 0 Å². The number of nitrogens with zero attached hydrogens (tertiary/aromatic N) is 1. The van der Waals surface area contributed by atoms with Gasteiger partial charge in [-0.05, 0) is 66.3 Å². The molecule has 1 heterocycles. The largest absolute Gasteiger partial charge is 0.481 e. The van der Waals surface area contributed by atoms with Gasteiger partial charge in [0.05, 0.1) is 5.56 Å². The lowest BCUT2D eigenvalue weighted by Crippen LogP contribution is -2.39. The van der Waals surface area contributed by atoms with Crippen molar-refractivity contribution >= 4 is 34.5 Å². The maximum absolute atomic E-state index is 12.6. The molecule has 114 valence electrons. The summed E-state index contributed by atoms with van der Waals surface area (Å²) >= 11 is 2.23. The van der Waals surface area contributed by atoms with Crippen LogP contribution in [0, 0.1) is 16.4 Å². The minimum absolute atomic E-state index is 0.0970. The van der Waals surface area contributed by atoms with Gasteiger partial charge < -0.3 is 10.0 Å². The number of aryl methyl sites for hydroxylation is 1. The van der Waals surface area contributed by atoms with Gasteiger partial charge in [0.2, 0.25) is 0 Å². The molecule has 21 heavy (non-hydrogen) atoms. The first-order valence-corrected chi connectivity index (χ1v) is 8.33. The Morgan fingerprint density at radius 1 is 1.33 bits per heavy atom. The highest BCUT2D eigenvalue weighted by molar-refractivity contribution is 14.1. The predicted octanol–water partition coefficient (Wildman–Crippen LogP) is 3.32. The molecule has 1 aliphatic rings. The molecule has 0 aliphatic carbocycles. The third-order valence-corrected chi connectivity index (χ3v) is 5.52. The molecule has 1 aromatic rings. The number of carboxylic acids is 1. The SMILES string of the molecule is Cc1cccc(C(=O)N2CCC(CCC(=O)O)CC2)c1I. The minimum atomic E-state index is -0.733. The van der Waals surface area contributed by atoms with Crippen molar-refractivity contribution in [2.75, 3.05) is 13.1 Å². The maximum Gasteiger partial charge on any atom is 0.303 e. The van der Waals surface area contributed by atoms with Crippen LogP contribution in [0.25, 0.3) is 0 Å². The van der Waals surface area contributed by atoms with Gasteiger partial charge in [-0.1, -0.05) is 12.1 Å². The lowest BCUT2D eigenvalue weighted by molar-refractivity contribution is -0.137. The fourth-order valence-corrected chi connectivity index (χ4v) is 3.33. The van der Waals surface area contributed by atoms with E-state index in [0.29, 0.717) is 5.92 Å². The number of benzene rings is 1. The molecule has 1 amide bonds. The van der Waals surface area contributed by atoms with Crippen molar-refractivity contribution in [3.8, 4) is 0 Å². The molecule has 0 aromatic heterocycles. The predicted molar refractivity (Wildman–Crippen MR) is 89.4 cm³/mol. The summed E-state index contributed by atoms with van der Waals surface area (Å²) in [6.45, 7) is 3.47. The first kappa shape index (κ1) is 16.3. The average Bonchev–Trinajstić information content (AvgIpc) is 2.48. The van der Waals surface area contributed by atoms with Gasteiger partial charge in [-0.3, -0.25) is 9.59 Å². The van der Waals surface area contributed by atoms with Gasteiger partial charge in [0.25, 0.3) is 5.91 Å². The van der Waals surface area contributed by atoms with Crippen LogP contribution < -0.4 is 0 Å². The number of aliphatic carboxylic acids is 1. The zero-order valence-electron chi connectivity index (χ0n) is 12.1. The van der Waals surface area contributed by atoms with E-state index in [2.05, 4.69) is 22.6 Å². The molecule has 0 bridgehead atoms. The van der Waals surface area contributed by atoms with E-state index in [1.165, 1.54) is 0 Å². The van der Waals surface area contributed by atoms with Crippen LogP contribution in [-0.4, -0.2) is 35.0 Å². The molecule has 2 rings (SSSR count). The molecule has 1 saturated heterocycles. The molecule has 1 N–H and O–H groups in total. The quantitative estimate of drug-likeness (QED) is 0.788. The molecule has 4 nitrogen and oxygen atoms in total. The van der Waals surface area contributed by atoms with Crippen molar-refractivity contribution in [2.24, 2.45) is 5.92 Å². The van der Waals surface area contributed by atoms with E-state index in [9.17, 15) is 9.59 Å². The number of amides is 1. The van der Waals surface area contributed by atoms with Crippen molar-refractivity contribution in [2.45, 2.75) is 32.6 Å². The number of carboxylic acid groups (broad SMARTS) is 1. The summed E-state index contributed by atoms with van der Waals surface area (Å²) in [5.74, 6) is -0.204. The summed E-state index contributed by atoms with van der Waals surface area (Å²) < 4.78 is 1.02. The van der Waals surface area contributed by atoms with Gasteiger partial charge in [-0.25, -0.2) is 0 Å². The summed E-state index contributed by atoms with van der Waals surface area (Å²) in [6, 6.07) is 5.81. The monoisotopic (exact) mass is 401 g/mol. The van der Waals surface area contributed by atoms with Crippen LogP contribution >= 0.6 is 22.6 Å². The number of carbonyl (C=O) groups excluding carboxylic acids is 1. The minimum Gasteiger partial charge on any atom is -0.481 e. The van der Waals surface area contributed by atoms with Crippen LogP contribution in [0.4, 0.5) is 0 Å². The van der Waals surface area contributed by atoms with Crippen LogP contribution in [0.15, 0.2) is 18.2 Å². The number of carbonyl (C=O) groups is 2. The molecule has 0 unspecified atom stereocenters. The van der Waals surface area contributed by atoms with Gasteiger partial charge in [0, 0.05) is 23.1 Å². The van der Waals surface area contributed by atoms with Crippen molar-refractivity contribution < 1.29 is 14.7 Å². The molecule has 0 saturated carbocycles. The third-order valence-electron chi connectivity index (χ3n) is 4.09. The van der Waals surface area contributed by atoms with Gasteiger partial charge in [0.1, 0.15) is 0 Å². The highest BCUT2D eigenvalue weighted by Crippen LogP contribution is 2.25. The standard InChI is InChI=1S/C16H20INO3/c1-11-3-2-4-13(15(11)17)16(21)18-9-7-12(8-10-18)5-6-14(19)20/h2-4,12H,5-10H2,1H3,(H,19,20). The molecular weight excluding hydrogens is 381 g/mol. The van der Waals surface area contributed by atoms with E-state index in [0.717, 1.165) is 47.0 Å².